The first-order chi connectivity index (χ1) is 35.8. The Bertz CT molecular complexity index is 2790. The minimum absolute atomic E-state index is 0.00418. The number of amides is 2. The molecule has 2 amide bonds. The number of benzene rings is 2. The van der Waals surface area contributed by atoms with Gasteiger partial charge in [0.1, 0.15) is 0 Å². The molecule has 14 rings (SSSR count). The SMILES string of the molecule is CC1=CC(C)=C(CN2CCc3c(C)c4c(c(C)c3C2=O)O[C@@](C)(C23CCC(N(C)C)(CC2)CC3)O4)C(=O)C1.CC1=CC(C)=C(CN2CCc3c(C)c4c(c(C)c3C2=O)O[C@](C)(C23CCC(N(C)C)(CC2)CC3)O4)C(=O)C1. The van der Waals surface area contributed by atoms with Crippen LogP contribution in [0.2, 0.25) is 0 Å². The van der Waals surface area contributed by atoms with Gasteiger partial charge in [-0.3, -0.25) is 19.2 Å². The van der Waals surface area contributed by atoms with E-state index in [0.29, 0.717) is 50.1 Å². The molecule has 0 aromatic heterocycles. The molecule has 8 aliphatic carbocycles. The molecule has 2 aromatic carbocycles. The minimum atomic E-state index is -0.725. The monoisotopic (exact) mass is 1040 g/mol. The molecule has 0 unspecified atom stereocenters. The molecule has 12 nitrogen and oxygen atoms in total. The van der Waals surface area contributed by atoms with Gasteiger partial charge in [0, 0.05) is 108 Å². The summed E-state index contributed by atoms with van der Waals surface area (Å²) < 4.78 is 27.3. The second-order valence-electron chi connectivity index (χ2n) is 26.1. The van der Waals surface area contributed by atoms with Crippen LogP contribution in [0, 0.1) is 38.5 Å². The zero-order valence-electron chi connectivity index (χ0n) is 48.4. The van der Waals surface area contributed by atoms with E-state index in [1.807, 2.05) is 51.3 Å². The zero-order valence-corrected chi connectivity index (χ0v) is 48.4. The van der Waals surface area contributed by atoms with Crippen molar-refractivity contribution in [2.24, 2.45) is 10.8 Å². The molecule has 12 aliphatic rings. The van der Waals surface area contributed by atoms with E-state index >= 15 is 0 Å². The van der Waals surface area contributed by atoms with Crippen molar-refractivity contribution in [1.29, 1.82) is 0 Å². The smallest absolute Gasteiger partial charge is 0.254 e. The van der Waals surface area contributed by atoms with Gasteiger partial charge in [0.05, 0.1) is 0 Å². The van der Waals surface area contributed by atoms with E-state index in [0.717, 1.165) is 152 Å². The highest BCUT2D eigenvalue weighted by molar-refractivity contribution is 6.04. The molecule has 408 valence electrons. The largest absolute Gasteiger partial charge is 0.448 e. The number of fused-ring (bicyclic) bond motifs is 10. The fraction of sp³-hybridized carbons (Fsp3) is 0.625. The molecule has 0 saturated heterocycles. The molecule has 4 heterocycles. The summed E-state index contributed by atoms with van der Waals surface area (Å²) in [5.74, 6) is 1.95. The van der Waals surface area contributed by atoms with Crippen molar-refractivity contribution in [2.75, 3.05) is 54.4 Å². The van der Waals surface area contributed by atoms with Crippen LogP contribution in [-0.4, -0.2) is 120 Å². The van der Waals surface area contributed by atoms with Crippen LogP contribution in [0.1, 0.15) is 186 Å². The van der Waals surface area contributed by atoms with Crippen molar-refractivity contribution in [2.45, 2.75) is 195 Å². The maximum Gasteiger partial charge on any atom is 0.254 e. The minimum Gasteiger partial charge on any atom is -0.448 e. The molecule has 4 bridgehead atoms. The van der Waals surface area contributed by atoms with Gasteiger partial charge in [0.15, 0.2) is 34.6 Å². The first kappa shape index (κ1) is 52.8. The Morgan fingerprint density at radius 1 is 0.461 bits per heavy atom. The van der Waals surface area contributed by atoms with Gasteiger partial charge in [-0.15, -0.1) is 0 Å². The van der Waals surface area contributed by atoms with Gasteiger partial charge in [-0.05, 0) is 207 Å². The summed E-state index contributed by atoms with van der Waals surface area (Å²) in [4.78, 5) is 61.9. The Balaban J connectivity index is 0.000000162. The molecule has 6 saturated carbocycles. The Morgan fingerprint density at radius 2 is 0.763 bits per heavy atom. The molecule has 2 aromatic rings. The van der Waals surface area contributed by atoms with Gasteiger partial charge in [-0.2, -0.15) is 0 Å². The van der Waals surface area contributed by atoms with Crippen LogP contribution in [0.4, 0.5) is 0 Å². The van der Waals surface area contributed by atoms with Crippen molar-refractivity contribution in [1.82, 2.24) is 19.6 Å². The van der Waals surface area contributed by atoms with Gasteiger partial charge in [-0.1, -0.05) is 23.3 Å². The van der Waals surface area contributed by atoms with Gasteiger partial charge >= 0.3 is 0 Å². The van der Waals surface area contributed by atoms with Gasteiger partial charge in [0.25, 0.3) is 23.4 Å². The summed E-state index contributed by atoms with van der Waals surface area (Å²) >= 11 is 0. The quantitative estimate of drug-likeness (QED) is 0.253. The Kier molecular flexibility index (Phi) is 12.6. The molecule has 0 spiro atoms. The van der Waals surface area contributed by atoms with Crippen molar-refractivity contribution in [3.8, 4) is 23.0 Å². The predicted octanol–water partition coefficient (Wildman–Crippen LogP) is 11.4. The Hall–Kier alpha value is -5.20. The molecule has 4 aliphatic heterocycles. The molecule has 0 N–H and O–H groups in total. The normalized spacial score (nSPS) is 32.3. The van der Waals surface area contributed by atoms with E-state index in [-0.39, 0.29) is 34.2 Å². The van der Waals surface area contributed by atoms with Crippen molar-refractivity contribution in [3.63, 3.8) is 0 Å². The summed E-state index contributed by atoms with van der Waals surface area (Å²) in [6, 6.07) is 0. The third-order valence-electron chi connectivity index (χ3n) is 21.9. The van der Waals surface area contributed by atoms with E-state index in [1.54, 1.807) is 0 Å². The van der Waals surface area contributed by atoms with Crippen LogP contribution in [0.3, 0.4) is 0 Å². The van der Waals surface area contributed by atoms with E-state index in [2.05, 4.69) is 77.8 Å². The van der Waals surface area contributed by atoms with Crippen molar-refractivity contribution >= 4 is 23.4 Å². The van der Waals surface area contributed by atoms with E-state index in [9.17, 15) is 19.2 Å². The second kappa shape index (κ2) is 18.2. The van der Waals surface area contributed by atoms with E-state index < -0.39 is 11.6 Å². The number of ether oxygens (including phenoxy) is 4. The zero-order chi connectivity index (χ0) is 54.4. The standard InChI is InChI=1S/2C32H42N2O4/c2*1-19-16-20(2)24(25(35)17-19)18-34-15-8-23-21(3)27-28(22(4)26(23)29(34)36)38-30(5,37-27)31-9-12-32(13-10-31,14-11-31)33(6)7/h2*16H,8-15,17-18H2,1-7H3/t2*30-,31?,32?/m10/s1. The van der Waals surface area contributed by atoms with Crippen LogP contribution < -0.4 is 18.9 Å². The number of carbonyl (C=O) groups excluding carboxylic acids is 4. The van der Waals surface area contributed by atoms with E-state index in [1.165, 1.54) is 38.5 Å². The van der Waals surface area contributed by atoms with Crippen LogP contribution >= 0.6 is 0 Å². The lowest BCUT2D eigenvalue weighted by molar-refractivity contribution is -0.212. The molecule has 12 heteroatoms. The predicted molar refractivity (Wildman–Crippen MR) is 296 cm³/mol. The molecule has 76 heavy (non-hydrogen) atoms. The van der Waals surface area contributed by atoms with Crippen LogP contribution in [-0.2, 0) is 22.4 Å². The van der Waals surface area contributed by atoms with Crippen LogP contribution in [0.15, 0.2) is 45.6 Å². The van der Waals surface area contributed by atoms with Gasteiger partial charge in [-0.25, -0.2) is 0 Å². The summed E-state index contributed by atoms with van der Waals surface area (Å²) in [7, 11) is 8.87. The van der Waals surface area contributed by atoms with Crippen LogP contribution in [0.5, 0.6) is 23.0 Å². The third kappa shape index (κ3) is 7.84. The first-order valence-electron chi connectivity index (χ1n) is 28.6. The molecule has 2 atom stereocenters. The Labute approximate surface area is 452 Å². The fourth-order valence-corrected chi connectivity index (χ4v) is 16.3. The lowest BCUT2D eigenvalue weighted by Crippen LogP contribution is -2.62. The molecule has 6 fully saturated rings. The molecular formula is C64H84N4O8. The van der Waals surface area contributed by atoms with E-state index in [4.69, 9.17) is 18.9 Å². The Morgan fingerprint density at radius 3 is 1.05 bits per heavy atom. The number of ketones is 2. The highest BCUT2D eigenvalue weighted by Gasteiger charge is 2.64. The molecular weight excluding hydrogens is 953 g/mol. The maximum absolute atomic E-state index is 13.9. The van der Waals surface area contributed by atoms with Crippen molar-refractivity contribution in [3.05, 3.63) is 90.1 Å². The number of Topliss-reactive ketones (excluding diaryl/α,β-unsaturated/α-hetero) is 2. The number of carbonyl (C=O) groups is 4. The van der Waals surface area contributed by atoms with Gasteiger partial charge in [0.2, 0.25) is 0 Å². The number of nitrogens with zero attached hydrogens (tertiary/aromatic N) is 4. The first-order valence-corrected chi connectivity index (χ1v) is 28.6. The van der Waals surface area contributed by atoms with Gasteiger partial charge < -0.3 is 38.5 Å². The summed E-state index contributed by atoms with van der Waals surface area (Å²) in [6.45, 7) is 22.3. The summed E-state index contributed by atoms with van der Waals surface area (Å²) in [6.07, 6.45) is 20.1. The lowest BCUT2D eigenvalue weighted by atomic mass is 9.54. The highest BCUT2D eigenvalue weighted by Crippen LogP contribution is 2.65. The second-order valence-corrected chi connectivity index (χ2v) is 26.1. The number of rotatable bonds is 8. The number of allylic oxidation sites excluding steroid dienone is 6. The topological polar surface area (TPSA) is 118 Å². The highest BCUT2D eigenvalue weighted by atomic mass is 16.7. The summed E-state index contributed by atoms with van der Waals surface area (Å²) in [5.41, 5.74) is 13.7. The third-order valence-corrected chi connectivity index (χ3v) is 21.9. The average molecular weight is 1040 g/mol. The molecule has 0 radical (unpaired) electrons. The van der Waals surface area contributed by atoms with Crippen LogP contribution in [0.25, 0.3) is 0 Å². The average Bonchev–Trinajstić information content (AvgIpc) is 4.16. The maximum atomic E-state index is 13.9. The number of hydrogen-bond donors (Lipinski definition) is 0. The van der Waals surface area contributed by atoms with Crippen molar-refractivity contribution < 1.29 is 38.1 Å². The lowest BCUT2D eigenvalue weighted by Gasteiger charge is -2.59. The number of hydrogen-bond acceptors (Lipinski definition) is 10. The fourth-order valence-electron chi connectivity index (χ4n) is 16.3. The summed E-state index contributed by atoms with van der Waals surface area (Å²) in [5, 5.41) is 0.